The Morgan fingerprint density at radius 1 is 1.18 bits per heavy atom. The number of ether oxygens (including phenoxy) is 1. The van der Waals surface area contributed by atoms with Crippen LogP contribution in [-0.4, -0.2) is 39.2 Å². The zero-order valence-electron chi connectivity index (χ0n) is 14.8. The minimum atomic E-state index is -0.111. The third kappa shape index (κ3) is 5.90. The predicted molar refractivity (Wildman–Crippen MR) is 103 cm³/mol. The van der Waals surface area contributed by atoms with Gasteiger partial charge in [-0.1, -0.05) is 28.4 Å². The second-order valence-corrected chi connectivity index (χ2v) is 6.55. The highest BCUT2D eigenvalue weighted by molar-refractivity contribution is 6.35. The van der Waals surface area contributed by atoms with Gasteiger partial charge in [0.1, 0.15) is 5.75 Å². The summed E-state index contributed by atoms with van der Waals surface area (Å²) in [6, 6.07) is 6.73. The summed E-state index contributed by atoms with van der Waals surface area (Å²) in [6.45, 7) is 0.905. The Bertz CT molecular complexity index is 921. The summed E-state index contributed by atoms with van der Waals surface area (Å²) in [5.41, 5.74) is 0. The number of carbonyl (C=O) groups is 1. The van der Waals surface area contributed by atoms with Crippen molar-refractivity contribution in [2.24, 2.45) is 0 Å². The van der Waals surface area contributed by atoms with Gasteiger partial charge in [0, 0.05) is 36.8 Å². The highest BCUT2D eigenvalue weighted by Crippen LogP contribution is 2.27. The largest absolute Gasteiger partial charge is 0.492 e. The molecule has 2 heterocycles. The average Bonchev–Trinajstić information content (AvgIpc) is 3.17. The minimum absolute atomic E-state index is 0.111. The SMILES string of the molecule is O=C(CCc1nc(-c2ncccn2)no1)NCCCOc1ccc(Cl)cc1Cl. The van der Waals surface area contributed by atoms with Gasteiger partial charge in [-0.15, -0.1) is 0 Å². The van der Waals surface area contributed by atoms with Crippen LogP contribution in [-0.2, 0) is 11.2 Å². The lowest BCUT2D eigenvalue weighted by atomic mass is 10.3. The van der Waals surface area contributed by atoms with Crippen molar-refractivity contribution < 1.29 is 14.1 Å². The maximum absolute atomic E-state index is 11.9. The van der Waals surface area contributed by atoms with Gasteiger partial charge in [0.15, 0.2) is 0 Å². The molecular formula is C18H17Cl2N5O3. The van der Waals surface area contributed by atoms with Crippen molar-refractivity contribution in [3.8, 4) is 17.4 Å². The quantitative estimate of drug-likeness (QED) is 0.528. The fourth-order valence-electron chi connectivity index (χ4n) is 2.25. The van der Waals surface area contributed by atoms with E-state index < -0.39 is 0 Å². The molecule has 3 rings (SSSR count). The molecule has 0 unspecified atom stereocenters. The van der Waals surface area contributed by atoms with E-state index in [2.05, 4.69) is 25.4 Å². The normalized spacial score (nSPS) is 10.6. The zero-order chi connectivity index (χ0) is 19.8. The van der Waals surface area contributed by atoms with E-state index in [0.29, 0.717) is 59.3 Å². The molecule has 0 radical (unpaired) electrons. The molecule has 0 bridgehead atoms. The molecule has 2 aromatic heterocycles. The molecule has 0 spiro atoms. The summed E-state index contributed by atoms with van der Waals surface area (Å²) >= 11 is 11.9. The highest BCUT2D eigenvalue weighted by atomic mass is 35.5. The molecule has 146 valence electrons. The lowest BCUT2D eigenvalue weighted by Gasteiger charge is -2.08. The first-order chi connectivity index (χ1) is 13.6. The second kappa shape index (κ2) is 10.0. The maximum Gasteiger partial charge on any atom is 0.240 e. The van der Waals surface area contributed by atoms with Crippen molar-refractivity contribution in [1.29, 1.82) is 0 Å². The summed E-state index contributed by atoms with van der Waals surface area (Å²) in [5, 5.41) is 7.63. The van der Waals surface area contributed by atoms with E-state index in [4.69, 9.17) is 32.5 Å². The summed E-state index contributed by atoms with van der Waals surface area (Å²) in [6.07, 6.45) is 4.40. The Hall–Kier alpha value is -2.71. The molecule has 8 nitrogen and oxygen atoms in total. The van der Waals surface area contributed by atoms with E-state index in [9.17, 15) is 4.79 Å². The van der Waals surface area contributed by atoms with Crippen LogP contribution < -0.4 is 10.1 Å². The van der Waals surface area contributed by atoms with E-state index in [1.54, 1.807) is 36.7 Å². The number of hydrogen-bond acceptors (Lipinski definition) is 7. The van der Waals surface area contributed by atoms with Gasteiger partial charge in [-0.2, -0.15) is 4.98 Å². The van der Waals surface area contributed by atoms with Crippen LogP contribution in [0.1, 0.15) is 18.7 Å². The van der Waals surface area contributed by atoms with Crippen LogP contribution in [0.5, 0.6) is 5.75 Å². The van der Waals surface area contributed by atoms with Crippen molar-refractivity contribution in [2.75, 3.05) is 13.2 Å². The van der Waals surface area contributed by atoms with Gasteiger partial charge >= 0.3 is 0 Å². The third-order valence-corrected chi connectivity index (χ3v) is 4.13. The summed E-state index contributed by atoms with van der Waals surface area (Å²) in [4.78, 5) is 24.2. The molecule has 3 aromatic rings. The van der Waals surface area contributed by atoms with Gasteiger partial charge in [-0.25, -0.2) is 9.97 Å². The molecule has 1 aromatic carbocycles. The first-order valence-corrected chi connectivity index (χ1v) is 9.32. The lowest BCUT2D eigenvalue weighted by Crippen LogP contribution is -2.25. The topological polar surface area (TPSA) is 103 Å². The highest BCUT2D eigenvalue weighted by Gasteiger charge is 2.12. The van der Waals surface area contributed by atoms with Gasteiger partial charge in [0.2, 0.25) is 23.4 Å². The summed E-state index contributed by atoms with van der Waals surface area (Å²) in [5.74, 6) is 1.49. The molecule has 1 N–H and O–H groups in total. The molecule has 0 atom stereocenters. The fourth-order valence-corrected chi connectivity index (χ4v) is 2.71. The van der Waals surface area contributed by atoms with Crippen LogP contribution in [0, 0.1) is 0 Å². The van der Waals surface area contributed by atoms with Crippen LogP contribution in [0.15, 0.2) is 41.2 Å². The Morgan fingerprint density at radius 3 is 2.79 bits per heavy atom. The molecule has 0 aliphatic carbocycles. The number of nitrogens with zero attached hydrogens (tertiary/aromatic N) is 4. The van der Waals surface area contributed by atoms with Crippen LogP contribution in [0.25, 0.3) is 11.6 Å². The van der Waals surface area contributed by atoms with Crippen LogP contribution in [0.3, 0.4) is 0 Å². The number of hydrogen-bond donors (Lipinski definition) is 1. The van der Waals surface area contributed by atoms with Gasteiger partial charge in [-0.05, 0) is 30.7 Å². The number of amides is 1. The minimum Gasteiger partial charge on any atom is -0.492 e. The number of rotatable bonds is 9. The number of benzene rings is 1. The van der Waals surface area contributed by atoms with Gasteiger partial charge in [-0.3, -0.25) is 4.79 Å². The molecule has 1 amide bonds. The molecular weight excluding hydrogens is 405 g/mol. The Morgan fingerprint density at radius 2 is 2.00 bits per heavy atom. The van der Waals surface area contributed by atoms with E-state index in [0.717, 1.165) is 0 Å². The predicted octanol–water partition coefficient (Wildman–Crippen LogP) is 3.35. The number of aryl methyl sites for hydroxylation is 1. The Balaban J connectivity index is 1.33. The third-order valence-electron chi connectivity index (χ3n) is 3.59. The number of carbonyl (C=O) groups excluding carboxylic acids is 1. The van der Waals surface area contributed by atoms with Crippen molar-refractivity contribution in [3.63, 3.8) is 0 Å². The number of halogens is 2. The second-order valence-electron chi connectivity index (χ2n) is 5.71. The van der Waals surface area contributed by atoms with E-state index in [-0.39, 0.29) is 12.3 Å². The number of nitrogens with one attached hydrogen (secondary N) is 1. The van der Waals surface area contributed by atoms with Crippen LogP contribution in [0.2, 0.25) is 10.0 Å². The molecule has 0 saturated carbocycles. The average molecular weight is 422 g/mol. The van der Waals surface area contributed by atoms with Crippen molar-refractivity contribution in [1.82, 2.24) is 25.4 Å². The van der Waals surface area contributed by atoms with E-state index in [1.807, 2.05) is 0 Å². The number of aromatic nitrogens is 4. The summed E-state index contributed by atoms with van der Waals surface area (Å²) < 4.78 is 10.7. The fraction of sp³-hybridized carbons (Fsp3) is 0.278. The molecule has 0 aliphatic heterocycles. The molecule has 0 fully saturated rings. The van der Waals surface area contributed by atoms with Crippen molar-refractivity contribution >= 4 is 29.1 Å². The van der Waals surface area contributed by atoms with Gasteiger partial charge in [0.05, 0.1) is 11.6 Å². The lowest BCUT2D eigenvalue weighted by molar-refractivity contribution is -0.121. The molecule has 0 aliphatic rings. The Labute approximate surface area is 171 Å². The van der Waals surface area contributed by atoms with Crippen molar-refractivity contribution in [3.05, 3.63) is 52.6 Å². The monoisotopic (exact) mass is 421 g/mol. The standard InChI is InChI=1S/C18H17Cl2N5O3/c19-12-3-4-14(13(20)11-12)27-10-2-9-21-15(26)5-6-16-24-18(25-28-16)17-22-7-1-8-23-17/h1,3-4,7-8,11H,2,5-6,9-10H2,(H,21,26). The van der Waals surface area contributed by atoms with Gasteiger partial charge < -0.3 is 14.6 Å². The summed E-state index contributed by atoms with van der Waals surface area (Å²) in [7, 11) is 0. The van der Waals surface area contributed by atoms with Crippen LogP contribution in [0.4, 0.5) is 0 Å². The van der Waals surface area contributed by atoms with Gasteiger partial charge in [0.25, 0.3) is 0 Å². The van der Waals surface area contributed by atoms with E-state index >= 15 is 0 Å². The molecule has 10 heteroatoms. The maximum atomic E-state index is 11.9. The van der Waals surface area contributed by atoms with Crippen LogP contribution >= 0.6 is 23.2 Å². The first-order valence-electron chi connectivity index (χ1n) is 8.56. The Kier molecular flexibility index (Phi) is 7.16. The van der Waals surface area contributed by atoms with Crippen molar-refractivity contribution in [2.45, 2.75) is 19.3 Å². The molecule has 28 heavy (non-hydrogen) atoms. The smallest absolute Gasteiger partial charge is 0.240 e. The zero-order valence-corrected chi connectivity index (χ0v) is 16.3. The first kappa shape index (κ1) is 20.0. The van der Waals surface area contributed by atoms with E-state index in [1.165, 1.54) is 0 Å². The molecule has 0 saturated heterocycles.